The highest BCUT2D eigenvalue weighted by atomic mass is 35.5. The van der Waals surface area contributed by atoms with E-state index in [1.807, 2.05) is 6.07 Å². The zero-order chi connectivity index (χ0) is 11.6. The molecule has 1 nitrogen and oxygen atoms in total. The zero-order valence-corrected chi connectivity index (χ0v) is 11.4. The zero-order valence-electron chi connectivity index (χ0n) is 8.97. The number of benzene rings is 1. The molecule has 0 N–H and O–H groups in total. The van der Waals surface area contributed by atoms with Gasteiger partial charge in [0.25, 0.3) is 0 Å². The monoisotopic (exact) mass is 264 g/mol. The number of thiol groups is 1. The summed E-state index contributed by atoms with van der Waals surface area (Å²) in [5.74, 6) is 1.30. The van der Waals surface area contributed by atoms with Crippen molar-refractivity contribution >= 4 is 35.8 Å². The van der Waals surface area contributed by atoms with E-state index in [1.54, 1.807) is 13.2 Å². The molecular formula is C11H14Cl2OS. The summed E-state index contributed by atoms with van der Waals surface area (Å²) < 4.78 is 5.09. The SMILES string of the molecule is COc1cc(Cl)c(C(C)(C)CS)cc1Cl. The molecule has 0 aliphatic carbocycles. The van der Waals surface area contributed by atoms with E-state index in [-0.39, 0.29) is 5.41 Å². The van der Waals surface area contributed by atoms with E-state index in [9.17, 15) is 0 Å². The maximum Gasteiger partial charge on any atom is 0.138 e. The van der Waals surface area contributed by atoms with Crippen LogP contribution in [0.5, 0.6) is 5.75 Å². The molecule has 0 bridgehead atoms. The number of rotatable bonds is 3. The van der Waals surface area contributed by atoms with E-state index in [4.69, 9.17) is 27.9 Å². The van der Waals surface area contributed by atoms with Crippen molar-refractivity contribution < 1.29 is 4.74 Å². The fourth-order valence-corrected chi connectivity index (χ4v) is 2.11. The first kappa shape index (κ1) is 13.0. The van der Waals surface area contributed by atoms with Crippen LogP contribution in [-0.4, -0.2) is 12.9 Å². The fourth-order valence-electron chi connectivity index (χ4n) is 1.29. The molecule has 0 radical (unpaired) electrons. The van der Waals surface area contributed by atoms with Gasteiger partial charge in [-0.05, 0) is 22.8 Å². The third-order valence-electron chi connectivity index (χ3n) is 2.37. The van der Waals surface area contributed by atoms with Gasteiger partial charge in [0.2, 0.25) is 0 Å². The molecule has 0 unspecified atom stereocenters. The van der Waals surface area contributed by atoms with Crippen molar-refractivity contribution in [3.05, 3.63) is 27.7 Å². The number of halogens is 2. The Morgan fingerprint density at radius 2 is 1.87 bits per heavy atom. The Morgan fingerprint density at radius 1 is 1.27 bits per heavy atom. The standard InChI is InChI=1S/C11H14Cl2OS/c1-11(2,6-15)7-4-9(13)10(14-3)5-8(7)12/h4-5,15H,6H2,1-3H3. The number of hydrogen-bond donors (Lipinski definition) is 1. The molecule has 1 rings (SSSR count). The third kappa shape index (κ3) is 2.74. The molecule has 0 amide bonds. The van der Waals surface area contributed by atoms with Crippen molar-refractivity contribution in [1.29, 1.82) is 0 Å². The maximum atomic E-state index is 6.17. The summed E-state index contributed by atoms with van der Waals surface area (Å²) in [6, 6.07) is 3.59. The second-order valence-corrected chi connectivity index (χ2v) is 5.14. The molecule has 0 saturated heterocycles. The normalized spacial score (nSPS) is 11.6. The average Bonchev–Trinajstić information content (AvgIpc) is 2.20. The lowest BCUT2D eigenvalue weighted by molar-refractivity contribution is 0.414. The van der Waals surface area contributed by atoms with E-state index in [0.717, 1.165) is 5.56 Å². The number of methoxy groups -OCH3 is 1. The summed E-state index contributed by atoms with van der Waals surface area (Å²) in [5.41, 5.74) is 0.890. The Labute approximate surface area is 106 Å². The molecule has 0 aliphatic heterocycles. The molecule has 15 heavy (non-hydrogen) atoms. The molecule has 0 spiro atoms. The quantitative estimate of drug-likeness (QED) is 0.805. The summed E-state index contributed by atoms with van der Waals surface area (Å²) in [5, 5.41) is 1.24. The molecule has 0 fully saturated rings. The number of ether oxygens (including phenoxy) is 1. The molecule has 1 aromatic rings. The van der Waals surface area contributed by atoms with Crippen molar-refractivity contribution in [2.45, 2.75) is 19.3 Å². The lowest BCUT2D eigenvalue weighted by Crippen LogP contribution is -2.19. The fraction of sp³-hybridized carbons (Fsp3) is 0.455. The van der Waals surface area contributed by atoms with Crippen LogP contribution in [0.1, 0.15) is 19.4 Å². The molecule has 0 atom stereocenters. The Kier molecular flexibility index (Phi) is 4.21. The van der Waals surface area contributed by atoms with Gasteiger partial charge in [0.1, 0.15) is 5.75 Å². The first-order chi connectivity index (χ1) is 6.92. The summed E-state index contributed by atoms with van der Waals surface area (Å²) in [7, 11) is 1.57. The van der Waals surface area contributed by atoms with Crippen molar-refractivity contribution in [1.82, 2.24) is 0 Å². The van der Waals surface area contributed by atoms with Gasteiger partial charge < -0.3 is 4.74 Å². The second-order valence-electron chi connectivity index (χ2n) is 4.01. The lowest BCUT2D eigenvalue weighted by atomic mass is 9.86. The van der Waals surface area contributed by atoms with Gasteiger partial charge >= 0.3 is 0 Å². The summed E-state index contributed by atoms with van der Waals surface area (Å²) >= 11 is 16.5. The maximum absolute atomic E-state index is 6.17. The van der Waals surface area contributed by atoms with Crippen LogP contribution >= 0.6 is 35.8 Å². The number of hydrogen-bond acceptors (Lipinski definition) is 2. The molecule has 0 heterocycles. The van der Waals surface area contributed by atoms with Crippen LogP contribution in [0.4, 0.5) is 0 Å². The minimum Gasteiger partial charge on any atom is -0.495 e. The van der Waals surface area contributed by atoms with Gasteiger partial charge in [0.15, 0.2) is 0 Å². The van der Waals surface area contributed by atoms with Crippen LogP contribution < -0.4 is 4.74 Å². The van der Waals surface area contributed by atoms with Crippen LogP contribution in [0.15, 0.2) is 12.1 Å². The van der Waals surface area contributed by atoms with Gasteiger partial charge in [-0.1, -0.05) is 37.0 Å². The van der Waals surface area contributed by atoms with Crippen molar-refractivity contribution in [3.63, 3.8) is 0 Å². The molecule has 1 aromatic carbocycles. The van der Waals surface area contributed by atoms with Gasteiger partial charge in [-0.2, -0.15) is 12.6 Å². The van der Waals surface area contributed by atoms with Gasteiger partial charge in [0.05, 0.1) is 12.1 Å². The van der Waals surface area contributed by atoms with Crippen molar-refractivity contribution in [2.24, 2.45) is 0 Å². The van der Waals surface area contributed by atoms with E-state index < -0.39 is 0 Å². The van der Waals surface area contributed by atoms with Gasteiger partial charge in [-0.15, -0.1) is 0 Å². The largest absolute Gasteiger partial charge is 0.495 e. The highest BCUT2D eigenvalue weighted by molar-refractivity contribution is 7.80. The third-order valence-corrected chi connectivity index (χ3v) is 3.76. The molecule has 4 heteroatoms. The van der Waals surface area contributed by atoms with Crippen molar-refractivity contribution in [3.8, 4) is 5.75 Å². The van der Waals surface area contributed by atoms with E-state index >= 15 is 0 Å². The van der Waals surface area contributed by atoms with Crippen LogP contribution in [0, 0.1) is 0 Å². The van der Waals surface area contributed by atoms with Crippen LogP contribution in [0.2, 0.25) is 10.0 Å². The van der Waals surface area contributed by atoms with Gasteiger partial charge in [-0.3, -0.25) is 0 Å². The van der Waals surface area contributed by atoms with E-state index in [2.05, 4.69) is 26.5 Å². The highest BCUT2D eigenvalue weighted by Crippen LogP contribution is 2.37. The smallest absolute Gasteiger partial charge is 0.138 e. The lowest BCUT2D eigenvalue weighted by Gasteiger charge is -2.24. The Bertz CT molecular complexity index is 364. The van der Waals surface area contributed by atoms with Crippen LogP contribution in [0.3, 0.4) is 0 Å². The first-order valence-electron chi connectivity index (χ1n) is 4.56. The minimum absolute atomic E-state index is 0.101. The molecule has 84 valence electrons. The first-order valence-corrected chi connectivity index (χ1v) is 5.95. The van der Waals surface area contributed by atoms with E-state index in [0.29, 0.717) is 21.5 Å². The Hall–Kier alpha value is -0.0500. The molecule has 0 saturated carbocycles. The predicted molar refractivity (Wildman–Crippen MR) is 69.9 cm³/mol. The minimum atomic E-state index is -0.101. The van der Waals surface area contributed by atoms with Crippen molar-refractivity contribution in [2.75, 3.05) is 12.9 Å². The summed E-state index contributed by atoms with van der Waals surface area (Å²) in [6.45, 7) is 4.15. The van der Waals surface area contributed by atoms with E-state index in [1.165, 1.54) is 0 Å². The summed E-state index contributed by atoms with van der Waals surface area (Å²) in [4.78, 5) is 0. The Balaban J connectivity index is 3.28. The van der Waals surface area contributed by atoms with Crippen LogP contribution in [-0.2, 0) is 5.41 Å². The van der Waals surface area contributed by atoms with Gasteiger partial charge in [-0.25, -0.2) is 0 Å². The topological polar surface area (TPSA) is 9.23 Å². The predicted octanol–water partition coefficient (Wildman–Crippen LogP) is 4.21. The molecule has 0 aliphatic rings. The average molecular weight is 265 g/mol. The highest BCUT2D eigenvalue weighted by Gasteiger charge is 2.23. The van der Waals surface area contributed by atoms with Crippen LogP contribution in [0.25, 0.3) is 0 Å². The summed E-state index contributed by atoms with van der Waals surface area (Å²) in [6.07, 6.45) is 0. The molecule has 0 aromatic heterocycles. The molecular weight excluding hydrogens is 251 g/mol. The van der Waals surface area contributed by atoms with Gasteiger partial charge in [0, 0.05) is 11.1 Å². The second kappa shape index (κ2) is 4.86. The Morgan fingerprint density at radius 3 is 2.33 bits per heavy atom.